The molecular weight excluding hydrogens is 334 g/mol. The Hall–Kier alpha value is -1.92. The standard InChI is InChI=1S/C20H23NO5/c1-12(22)25-16-5-4-13-9-14-10-24-11-21(14)8-7-20-6-2-3-15(23)19(20)26-18(16)17(13)20/h4-5,14,19H,2-3,6-11H2,1H3/t14-,19+,20-/m1/s1. The number of nitrogens with zero attached hydrogens (tertiary/aromatic N) is 1. The number of carbonyl (C=O) groups is 2. The van der Waals surface area contributed by atoms with Crippen LogP contribution in [0.2, 0.25) is 0 Å². The predicted molar refractivity (Wildman–Crippen MR) is 92.3 cm³/mol. The molecule has 0 N–H and O–H groups in total. The van der Waals surface area contributed by atoms with Crippen molar-refractivity contribution in [2.24, 2.45) is 0 Å². The van der Waals surface area contributed by atoms with E-state index in [-0.39, 0.29) is 17.2 Å². The Bertz CT molecular complexity index is 791. The van der Waals surface area contributed by atoms with Gasteiger partial charge in [0.15, 0.2) is 23.4 Å². The second-order valence-corrected chi connectivity index (χ2v) is 7.91. The molecule has 1 aromatic rings. The third kappa shape index (κ3) is 2.25. The van der Waals surface area contributed by atoms with Gasteiger partial charge >= 0.3 is 5.97 Å². The highest BCUT2D eigenvalue weighted by atomic mass is 16.6. The number of esters is 1. The van der Waals surface area contributed by atoms with Crippen molar-refractivity contribution in [1.29, 1.82) is 0 Å². The third-order valence-corrected chi connectivity index (χ3v) is 6.42. The van der Waals surface area contributed by atoms with Gasteiger partial charge in [-0.1, -0.05) is 6.07 Å². The van der Waals surface area contributed by atoms with Crippen LogP contribution in [-0.2, 0) is 26.2 Å². The van der Waals surface area contributed by atoms with Gasteiger partial charge in [0.05, 0.1) is 13.3 Å². The van der Waals surface area contributed by atoms with Crippen molar-refractivity contribution in [3.63, 3.8) is 0 Å². The molecule has 6 nitrogen and oxygen atoms in total. The lowest BCUT2D eigenvalue weighted by molar-refractivity contribution is -0.132. The van der Waals surface area contributed by atoms with Crippen molar-refractivity contribution in [2.45, 2.75) is 56.6 Å². The number of Topliss-reactive ketones (excluding diaryl/α,β-unsaturated/α-hetero) is 1. The van der Waals surface area contributed by atoms with Crippen LogP contribution in [0.5, 0.6) is 11.5 Å². The van der Waals surface area contributed by atoms with Gasteiger partial charge in [-0.2, -0.15) is 0 Å². The molecule has 4 aliphatic rings. The van der Waals surface area contributed by atoms with E-state index in [1.807, 2.05) is 12.1 Å². The first-order valence-corrected chi connectivity index (χ1v) is 9.44. The summed E-state index contributed by atoms with van der Waals surface area (Å²) in [6.45, 7) is 3.68. The molecule has 26 heavy (non-hydrogen) atoms. The van der Waals surface area contributed by atoms with Crippen LogP contribution in [0.25, 0.3) is 0 Å². The molecule has 1 saturated carbocycles. The van der Waals surface area contributed by atoms with Crippen LogP contribution < -0.4 is 9.47 Å². The third-order valence-electron chi connectivity index (χ3n) is 6.42. The Labute approximate surface area is 152 Å². The summed E-state index contributed by atoms with van der Waals surface area (Å²) in [5, 5.41) is 0. The zero-order chi connectivity index (χ0) is 17.9. The maximum absolute atomic E-state index is 12.7. The highest BCUT2D eigenvalue weighted by Crippen LogP contribution is 2.56. The Kier molecular flexibility index (Phi) is 3.62. The summed E-state index contributed by atoms with van der Waals surface area (Å²) in [5.41, 5.74) is 2.01. The molecule has 3 heterocycles. The first-order chi connectivity index (χ1) is 12.6. The molecule has 6 heteroatoms. The van der Waals surface area contributed by atoms with Crippen LogP contribution in [-0.4, -0.2) is 48.7 Å². The summed E-state index contributed by atoms with van der Waals surface area (Å²) in [6, 6.07) is 4.22. The average molecular weight is 357 g/mol. The minimum Gasteiger partial charge on any atom is -0.477 e. The van der Waals surface area contributed by atoms with Crippen LogP contribution >= 0.6 is 0 Å². The molecule has 0 bridgehead atoms. The molecule has 138 valence electrons. The first kappa shape index (κ1) is 16.3. The first-order valence-electron chi connectivity index (χ1n) is 9.44. The highest BCUT2D eigenvalue weighted by molar-refractivity contribution is 5.88. The number of benzene rings is 1. The van der Waals surface area contributed by atoms with Crippen LogP contribution in [0.4, 0.5) is 0 Å². The average Bonchev–Trinajstić information content (AvgIpc) is 3.17. The molecule has 3 atom stereocenters. The number of hydrogen-bond acceptors (Lipinski definition) is 6. The normalized spacial score (nSPS) is 32.7. The van der Waals surface area contributed by atoms with E-state index in [2.05, 4.69) is 4.90 Å². The highest BCUT2D eigenvalue weighted by Gasteiger charge is 2.56. The topological polar surface area (TPSA) is 65.1 Å². The van der Waals surface area contributed by atoms with E-state index in [0.29, 0.717) is 30.7 Å². The Morgan fingerprint density at radius 3 is 3.08 bits per heavy atom. The van der Waals surface area contributed by atoms with Gasteiger partial charge in [-0.05, 0) is 37.3 Å². The SMILES string of the molecule is CC(=O)Oc1ccc2c3c1O[C@H]1C(=O)CCC[C@@]31CCN1COC[C@H]1C2. The lowest BCUT2D eigenvalue weighted by atomic mass is 9.64. The molecule has 1 aromatic carbocycles. The number of fused-ring (bicyclic) bond motifs is 1. The second kappa shape index (κ2) is 5.79. The summed E-state index contributed by atoms with van der Waals surface area (Å²) in [4.78, 5) is 26.7. The van der Waals surface area contributed by atoms with Crippen molar-refractivity contribution in [2.75, 3.05) is 19.9 Å². The quantitative estimate of drug-likeness (QED) is 0.566. The molecule has 3 aliphatic heterocycles. The van der Waals surface area contributed by atoms with Gasteiger partial charge in [-0.15, -0.1) is 0 Å². The van der Waals surface area contributed by atoms with Crippen molar-refractivity contribution in [3.8, 4) is 11.5 Å². The van der Waals surface area contributed by atoms with Crippen molar-refractivity contribution in [3.05, 3.63) is 23.3 Å². The molecule has 5 rings (SSSR count). The van der Waals surface area contributed by atoms with Gasteiger partial charge in [-0.3, -0.25) is 14.5 Å². The lowest BCUT2D eigenvalue weighted by Gasteiger charge is -2.41. The molecule has 0 amide bonds. The summed E-state index contributed by atoms with van der Waals surface area (Å²) in [5.74, 6) is 0.853. The molecule has 1 saturated heterocycles. The number of carbonyl (C=O) groups excluding carboxylic acids is 2. The van der Waals surface area contributed by atoms with Crippen LogP contribution in [0, 0.1) is 0 Å². The number of hydrogen-bond donors (Lipinski definition) is 0. The van der Waals surface area contributed by atoms with Crippen molar-refractivity contribution >= 4 is 11.8 Å². The Morgan fingerprint density at radius 2 is 2.23 bits per heavy atom. The minimum atomic E-state index is -0.457. The predicted octanol–water partition coefficient (Wildman–Crippen LogP) is 1.97. The molecule has 0 radical (unpaired) electrons. The van der Waals surface area contributed by atoms with Crippen LogP contribution in [0.3, 0.4) is 0 Å². The number of rotatable bonds is 1. The van der Waals surface area contributed by atoms with Gasteiger partial charge in [0.1, 0.15) is 0 Å². The van der Waals surface area contributed by atoms with Crippen molar-refractivity contribution in [1.82, 2.24) is 4.90 Å². The Balaban J connectivity index is 1.68. The maximum Gasteiger partial charge on any atom is 0.308 e. The smallest absolute Gasteiger partial charge is 0.308 e. The van der Waals surface area contributed by atoms with E-state index in [0.717, 1.165) is 44.4 Å². The molecule has 0 aromatic heterocycles. The van der Waals surface area contributed by atoms with E-state index in [1.54, 1.807) is 0 Å². The summed E-state index contributed by atoms with van der Waals surface area (Å²) < 4.78 is 17.3. The monoisotopic (exact) mass is 357 g/mol. The fourth-order valence-electron chi connectivity index (χ4n) is 5.30. The fourth-order valence-corrected chi connectivity index (χ4v) is 5.30. The number of ether oxygens (including phenoxy) is 3. The maximum atomic E-state index is 12.7. The van der Waals surface area contributed by atoms with Gasteiger partial charge in [-0.25, -0.2) is 0 Å². The van der Waals surface area contributed by atoms with E-state index in [1.165, 1.54) is 12.5 Å². The van der Waals surface area contributed by atoms with Gasteiger partial charge < -0.3 is 14.2 Å². The van der Waals surface area contributed by atoms with E-state index < -0.39 is 6.10 Å². The molecule has 1 spiro atoms. The zero-order valence-electron chi connectivity index (χ0n) is 15.0. The summed E-state index contributed by atoms with van der Waals surface area (Å²) in [7, 11) is 0. The molecule has 0 unspecified atom stereocenters. The van der Waals surface area contributed by atoms with E-state index in [4.69, 9.17) is 14.2 Å². The van der Waals surface area contributed by atoms with Gasteiger partial charge in [0, 0.05) is 36.9 Å². The molecule has 1 aliphatic carbocycles. The largest absolute Gasteiger partial charge is 0.477 e. The van der Waals surface area contributed by atoms with Crippen molar-refractivity contribution < 1.29 is 23.8 Å². The van der Waals surface area contributed by atoms with Crippen LogP contribution in [0.1, 0.15) is 43.7 Å². The molecule has 2 fully saturated rings. The van der Waals surface area contributed by atoms with E-state index in [9.17, 15) is 9.59 Å². The Morgan fingerprint density at radius 1 is 1.35 bits per heavy atom. The summed E-state index contributed by atoms with van der Waals surface area (Å²) in [6.07, 6.45) is 3.67. The summed E-state index contributed by atoms with van der Waals surface area (Å²) >= 11 is 0. The molecular formula is C20H23NO5. The fraction of sp³-hybridized carbons (Fsp3) is 0.600. The van der Waals surface area contributed by atoms with E-state index >= 15 is 0 Å². The van der Waals surface area contributed by atoms with Crippen LogP contribution in [0.15, 0.2) is 12.1 Å². The second-order valence-electron chi connectivity index (χ2n) is 7.91. The van der Waals surface area contributed by atoms with Gasteiger partial charge in [0.2, 0.25) is 0 Å². The zero-order valence-corrected chi connectivity index (χ0v) is 15.0. The number of ketones is 1. The minimum absolute atomic E-state index is 0.168. The van der Waals surface area contributed by atoms with Gasteiger partial charge in [0.25, 0.3) is 0 Å². The lowest BCUT2D eigenvalue weighted by Crippen LogP contribution is -2.50.